The Kier molecular flexibility index (Phi) is 3.46. The minimum absolute atomic E-state index is 0.175. The third-order valence-electron chi connectivity index (χ3n) is 2.73. The topological polar surface area (TPSA) is 75.1 Å². The molecule has 0 atom stereocenters. The van der Waals surface area contributed by atoms with E-state index in [4.69, 9.17) is 0 Å². The van der Waals surface area contributed by atoms with Crippen LogP contribution < -0.4 is 5.32 Å². The van der Waals surface area contributed by atoms with Gasteiger partial charge >= 0.3 is 0 Å². The fraction of sp³-hybridized carbons (Fsp3) is 0.214. The van der Waals surface area contributed by atoms with Gasteiger partial charge in [-0.15, -0.1) is 0 Å². The summed E-state index contributed by atoms with van der Waals surface area (Å²) >= 11 is 0. The van der Waals surface area contributed by atoms with E-state index in [1.165, 1.54) is 6.92 Å². The smallest absolute Gasteiger partial charge is 0.222 e. The predicted octanol–water partition coefficient (Wildman–Crippen LogP) is 2.42. The van der Waals surface area contributed by atoms with Gasteiger partial charge in [0.1, 0.15) is 5.75 Å². The number of hydrogen-bond acceptors (Lipinski definition) is 4. The minimum Gasteiger partial charge on any atom is -0.508 e. The van der Waals surface area contributed by atoms with Crippen LogP contribution in [0.5, 0.6) is 5.75 Å². The molecule has 2 rings (SSSR count). The molecule has 98 valence electrons. The van der Waals surface area contributed by atoms with Crippen LogP contribution in [0.1, 0.15) is 18.2 Å². The quantitative estimate of drug-likeness (QED) is 0.866. The molecule has 19 heavy (non-hydrogen) atoms. The average molecular weight is 257 g/mol. The molecule has 2 aromatic rings. The first-order valence-electron chi connectivity index (χ1n) is 5.88. The van der Waals surface area contributed by atoms with Gasteiger partial charge < -0.3 is 10.4 Å². The van der Waals surface area contributed by atoms with Crippen LogP contribution in [0.3, 0.4) is 0 Å². The summed E-state index contributed by atoms with van der Waals surface area (Å²) < 4.78 is 0. The van der Waals surface area contributed by atoms with Crippen LogP contribution in [0.15, 0.2) is 24.4 Å². The molecule has 0 saturated heterocycles. The molecular weight excluding hydrogens is 242 g/mol. The highest BCUT2D eigenvalue weighted by atomic mass is 16.3. The number of hydrogen-bond donors (Lipinski definition) is 2. The van der Waals surface area contributed by atoms with Crippen LogP contribution in [0, 0.1) is 13.8 Å². The second-order valence-corrected chi connectivity index (χ2v) is 4.37. The van der Waals surface area contributed by atoms with Crippen molar-refractivity contribution < 1.29 is 9.90 Å². The molecule has 1 aromatic carbocycles. The zero-order valence-electron chi connectivity index (χ0n) is 11.1. The van der Waals surface area contributed by atoms with Gasteiger partial charge in [-0.3, -0.25) is 4.79 Å². The Morgan fingerprint density at radius 3 is 2.63 bits per heavy atom. The molecule has 0 saturated carbocycles. The molecule has 0 aliphatic rings. The fourth-order valence-corrected chi connectivity index (χ4v) is 1.72. The molecule has 0 unspecified atom stereocenters. The van der Waals surface area contributed by atoms with E-state index in [0.717, 1.165) is 11.1 Å². The van der Waals surface area contributed by atoms with E-state index < -0.39 is 0 Å². The lowest BCUT2D eigenvalue weighted by molar-refractivity contribution is -0.114. The van der Waals surface area contributed by atoms with E-state index in [1.807, 2.05) is 13.0 Å². The Morgan fingerprint density at radius 2 is 2.05 bits per heavy atom. The molecule has 0 spiro atoms. The summed E-state index contributed by atoms with van der Waals surface area (Å²) in [6.07, 6.45) is 1.60. The van der Waals surface area contributed by atoms with Crippen LogP contribution in [0.25, 0.3) is 11.3 Å². The molecule has 0 aliphatic heterocycles. The van der Waals surface area contributed by atoms with Crippen LogP contribution in [0.4, 0.5) is 5.82 Å². The monoisotopic (exact) mass is 257 g/mol. The molecule has 0 fully saturated rings. The highest BCUT2D eigenvalue weighted by Gasteiger charge is 2.07. The highest BCUT2D eigenvalue weighted by Crippen LogP contribution is 2.24. The number of phenolic OH excluding ortho intramolecular Hbond substituents is 1. The molecule has 0 radical (unpaired) electrons. The fourth-order valence-electron chi connectivity index (χ4n) is 1.72. The zero-order valence-corrected chi connectivity index (χ0v) is 11.1. The largest absolute Gasteiger partial charge is 0.508 e. The normalized spacial score (nSPS) is 10.3. The van der Waals surface area contributed by atoms with Gasteiger partial charge in [0.05, 0.1) is 17.6 Å². The number of carbonyl (C=O) groups is 1. The summed E-state index contributed by atoms with van der Waals surface area (Å²) in [5, 5.41) is 12.1. The SMILES string of the molecule is CC(=O)Nc1ncc(-c2ccc(O)c(C)c2)nc1C. The summed E-state index contributed by atoms with van der Waals surface area (Å²) in [6.45, 7) is 5.04. The number of rotatable bonds is 2. The standard InChI is InChI=1S/C14H15N3O2/c1-8-6-11(4-5-13(8)19)12-7-15-14(9(2)16-12)17-10(3)18/h4-7,19H,1-3H3,(H,15,17,18). The molecule has 0 bridgehead atoms. The van der Waals surface area contributed by atoms with Crippen molar-refractivity contribution in [1.29, 1.82) is 0 Å². The van der Waals surface area contributed by atoms with E-state index in [2.05, 4.69) is 15.3 Å². The number of nitrogens with zero attached hydrogens (tertiary/aromatic N) is 2. The summed E-state index contributed by atoms with van der Waals surface area (Å²) in [5.74, 6) is 0.542. The maximum absolute atomic E-state index is 11.0. The Balaban J connectivity index is 2.38. The summed E-state index contributed by atoms with van der Waals surface area (Å²) in [6, 6.07) is 5.25. The lowest BCUT2D eigenvalue weighted by atomic mass is 10.1. The van der Waals surface area contributed by atoms with Crippen molar-refractivity contribution >= 4 is 11.7 Å². The van der Waals surface area contributed by atoms with E-state index >= 15 is 0 Å². The average Bonchev–Trinajstić information content (AvgIpc) is 2.35. The second-order valence-electron chi connectivity index (χ2n) is 4.37. The van der Waals surface area contributed by atoms with Crippen LogP contribution in [-0.2, 0) is 4.79 Å². The number of carbonyl (C=O) groups excluding carboxylic acids is 1. The van der Waals surface area contributed by atoms with Crippen molar-refractivity contribution in [2.75, 3.05) is 5.32 Å². The van der Waals surface area contributed by atoms with E-state index in [9.17, 15) is 9.90 Å². The highest BCUT2D eigenvalue weighted by molar-refractivity contribution is 5.88. The van der Waals surface area contributed by atoms with Crippen LogP contribution in [0.2, 0.25) is 0 Å². The number of anilines is 1. The number of benzene rings is 1. The first-order chi connectivity index (χ1) is 8.97. The van der Waals surface area contributed by atoms with Crippen molar-refractivity contribution in [1.82, 2.24) is 9.97 Å². The number of phenols is 1. The summed E-state index contributed by atoms with van der Waals surface area (Å²) in [4.78, 5) is 19.6. The van der Waals surface area contributed by atoms with Crippen LogP contribution >= 0.6 is 0 Å². The molecular formula is C14H15N3O2. The van der Waals surface area contributed by atoms with Crippen molar-refractivity contribution in [2.45, 2.75) is 20.8 Å². The Hall–Kier alpha value is -2.43. The Labute approximate surface area is 111 Å². The number of aromatic nitrogens is 2. The number of nitrogens with one attached hydrogen (secondary N) is 1. The third kappa shape index (κ3) is 2.88. The van der Waals surface area contributed by atoms with Crippen LogP contribution in [-0.4, -0.2) is 21.0 Å². The van der Waals surface area contributed by atoms with Gasteiger partial charge in [-0.25, -0.2) is 9.97 Å². The summed E-state index contributed by atoms with van der Waals surface area (Å²) in [7, 11) is 0. The van der Waals surface area contributed by atoms with Gasteiger partial charge in [0.25, 0.3) is 0 Å². The molecule has 1 aromatic heterocycles. The second kappa shape index (κ2) is 5.06. The summed E-state index contributed by atoms with van der Waals surface area (Å²) in [5.41, 5.74) is 3.01. The lowest BCUT2D eigenvalue weighted by Gasteiger charge is -2.08. The van der Waals surface area contributed by atoms with Gasteiger partial charge in [-0.1, -0.05) is 0 Å². The maximum Gasteiger partial charge on any atom is 0.222 e. The van der Waals surface area contributed by atoms with Crippen molar-refractivity contribution in [3.63, 3.8) is 0 Å². The van der Waals surface area contributed by atoms with Crippen molar-refractivity contribution in [3.8, 4) is 17.0 Å². The van der Waals surface area contributed by atoms with Crippen molar-refractivity contribution in [3.05, 3.63) is 35.7 Å². The number of amides is 1. The maximum atomic E-state index is 11.0. The van der Waals surface area contributed by atoms with Gasteiger partial charge in [-0.2, -0.15) is 0 Å². The van der Waals surface area contributed by atoms with E-state index in [0.29, 0.717) is 17.2 Å². The Bertz CT molecular complexity index is 639. The van der Waals surface area contributed by atoms with Gasteiger partial charge in [0.2, 0.25) is 5.91 Å². The molecule has 1 amide bonds. The minimum atomic E-state index is -0.175. The van der Waals surface area contributed by atoms with E-state index in [-0.39, 0.29) is 11.7 Å². The molecule has 5 heteroatoms. The molecule has 0 aliphatic carbocycles. The molecule has 1 heterocycles. The van der Waals surface area contributed by atoms with Gasteiger partial charge in [-0.05, 0) is 37.6 Å². The van der Waals surface area contributed by atoms with Gasteiger partial charge in [0.15, 0.2) is 5.82 Å². The third-order valence-corrected chi connectivity index (χ3v) is 2.73. The lowest BCUT2D eigenvalue weighted by Crippen LogP contribution is -2.10. The first kappa shape index (κ1) is 13.0. The zero-order chi connectivity index (χ0) is 14.0. The van der Waals surface area contributed by atoms with Gasteiger partial charge in [0, 0.05) is 12.5 Å². The first-order valence-corrected chi connectivity index (χ1v) is 5.88. The Morgan fingerprint density at radius 1 is 1.32 bits per heavy atom. The predicted molar refractivity (Wildman–Crippen MR) is 72.9 cm³/mol. The number of aryl methyl sites for hydroxylation is 2. The van der Waals surface area contributed by atoms with E-state index in [1.54, 1.807) is 25.3 Å². The molecule has 5 nitrogen and oxygen atoms in total. The number of aromatic hydroxyl groups is 1. The molecule has 2 N–H and O–H groups in total. The van der Waals surface area contributed by atoms with Crippen molar-refractivity contribution in [2.24, 2.45) is 0 Å².